The average molecular weight is 538 g/mol. The molecular weight excluding hydrogens is 486 g/mol. The maximum absolute atomic E-state index is 13.3. The number of carbonyl (C=O) groups excluding carboxylic acids is 1. The molecule has 0 saturated heterocycles. The molecule has 1 aromatic carbocycles. The molecule has 5 heteroatoms. The molecule has 3 N–H and O–H groups in total. The highest BCUT2D eigenvalue weighted by atomic mass is 16.3. The Labute approximate surface area is 235 Å². The Balaban J connectivity index is 1.18. The van der Waals surface area contributed by atoms with Crippen molar-refractivity contribution >= 4 is 11.6 Å². The Morgan fingerprint density at radius 3 is 2.62 bits per heavy atom. The molecule has 1 amide bonds. The van der Waals surface area contributed by atoms with Crippen LogP contribution in [-0.4, -0.2) is 46.1 Å². The molecule has 2 bridgehead atoms. The van der Waals surface area contributed by atoms with Gasteiger partial charge in [-0.3, -0.25) is 4.79 Å². The number of anilines is 1. The zero-order chi connectivity index (χ0) is 27.7. The molecule has 1 aliphatic heterocycles. The van der Waals surface area contributed by atoms with E-state index in [2.05, 4.69) is 45.9 Å². The van der Waals surface area contributed by atoms with E-state index < -0.39 is 0 Å². The summed E-state index contributed by atoms with van der Waals surface area (Å²) in [6.07, 6.45) is 8.75. The summed E-state index contributed by atoms with van der Waals surface area (Å²) in [6, 6.07) is 6.42. The standard InChI is InChI=1S/C34H51NO4/c1-20-5-9-29-22(15-20)12-14-35(29)32(39)10-6-21(2)27-7-8-28-26-17-24(19-31(38)34(27,28)4)33(3)13-11-25(36)16-23(33)18-30(26)37/h5,9,15,21,23-28,30-31,36-38H,6-8,10-14,16-19H2,1-4H3/t21-,23+,24-,25-,26-,27-,28+,30-,31+,33+,34-/m1/s1. The molecule has 0 spiro atoms. The van der Waals surface area contributed by atoms with E-state index in [4.69, 9.17) is 0 Å². The summed E-state index contributed by atoms with van der Waals surface area (Å²) in [6.45, 7) is 9.91. The second-order valence-electron chi connectivity index (χ2n) is 14.9. The predicted octanol–water partition coefficient (Wildman–Crippen LogP) is 5.65. The maximum atomic E-state index is 13.3. The van der Waals surface area contributed by atoms with E-state index in [1.165, 1.54) is 11.1 Å². The molecule has 0 aromatic heterocycles. The van der Waals surface area contributed by atoms with Crippen LogP contribution < -0.4 is 4.90 Å². The van der Waals surface area contributed by atoms with Crippen molar-refractivity contribution in [1.29, 1.82) is 0 Å². The molecule has 5 nitrogen and oxygen atoms in total. The molecule has 0 unspecified atom stereocenters. The van der Waals surface area contributed by atoms with Crippen molar-refractivity contribution in [3.63, 3.8) is 0 Å². The fraction of sp³-hybridized carbons (Fsp3) is 0.794. The van der Waals surface area contributed by atoms with Gasteiger partial charge >= 0.3 is 0 Å². The van der Waals surface area contributed by atoms with Crippen molar-refractivity contribution < 1.29 is 20.1 Å². The fourth-order valence-electron chi connectivity index (χ4n) is 10.6. The van der Waals surface area contributed by atoms with Crippen LogP contribution in [0.15, 0.2) is 18.2 Å². The maximum Gasteiger partial charge on any atom is 0.227 e. The lowest BCUT2D eigenvalue weighted by atomic mass is 9.57. The van der Waals surface area contributed by atoms with Crippen molar-refractivity contribution in [2.45, 2.75) is 117 Å². The fourth-order valence-corrected chi connectivity index (χ4v) is 10.6. The minimum atomic E-state index is -0.383. The summed E-state index contributed by atoms with van der Waals surface area (Å²) < 4.78 is 0. The number of aliphatic hydroxyl groups is 3. The lowest BCUT2D eigenvalue weighted by Crippen LogP contribution is -2.48. The molecule has 216 valence electrons. The highest BCUT2D eigenvalue weighted by molar-refractivity contribution is 5.95. The lowest BCUT2D eigenvalue weighted by Gasteiger charge is -2.50. The quantitative estimate of drug-likeness (QED) is 0.464. The highest BCUT2D eigenvalue weighted by Gasteiger charge is 2.61. The van der Waals surface area contributed by atoms with Gasteiger partial charge in [0.15, 0.2) is 0 Å². The first kappa shape index (κ1) is 27.7. The van der Waals surface area contributed by atoms with Gasteiger partial charge in [-0.1, -0.05) is 38.5 Å². The molecular formula is C34H51NO4. The van der Waals surface area contributed by atoms with Gasteiger partial charge in [0.05, 0.1) is 18.3 Å². The number of hydrogen-bond donors (Lipinski definition) is 3. The first-order chi connectivity index (χ1) is 18.5. The van der Waals surface area contributed by atoms with Crippen LogP contribution in [0.1, 0.15) is 96.1 Å². The Morgan fingerprint density at radius 1 is 1.05 bits per heavy atom. The van der Waals surface area contributed by atoms with Crippen molar-refractivity contribution in [1.82, 2.24) is 0 Å². The van der Waals surface area contributed by atoms with Crippen LogP contribution in [0.2, 0.25) is 0 Å². The minimum Gasteiger partial charge on any atom is -0.393 e. The smallest absolute Gasteiger partial charge is 0.227 e. The number of fused-ring (bicyclic) bond motifs is 7. The normalized spacial score (nSPS) is 44.1. The summed E-state index contributed by atoms with van der Waals surface area (Å²) in [5, 5.41) is 34.1. The monoisotopic (exact) mass is 537 g/mol. The topological polar surface area (TPSA) is 81.0 Å². The van der Waals surface area contributed by atoms with Gasteiger partial charge in [0.25, 0.3) is 0 Å². The Hall–Kier alpha value is -1.43. The number of nitrogens with zero attached hydrogens (tertiary/aromatic N) is 1. The summed E-state index contributed by atoms with van der Waals surface area (Å²) in [5.74, 6) is 2.22. The van der Waals surface area contributed by atoms with E-state index >= 15 is 0 Å². The van der Waals surface area contributed by atoms with Crippen LogP contribution in [0.3, 0.4) is 0 Å². The van der Waals surface area contributed by atoms with Crippen molar-refractivity contribution in [2.24, 2.45) is 46.3 Å². The number of rotatable bonds is 4. The highest BCUT2D eigenvalue weighted by Crippen LogP contribution is 2.65. The van der Waals surface area contributed by atoms with Crippen LogP contribution >= 0.6 is 0 Å². The number of amides is 1. The molecule has 4 fully saturated rings. The molecule has 1 heterocycles. The Bertz CT molecular complexity index is 1090. The third-order valence-electron chi connectivity index (χ3n) is 13.1. The number of benzene rings is 1. The van der Waals surface area contributed by atoms with Crippen molar-refractivity contribution in [2.75, 3.05) is 11.4 Å². The van der Waals surface area contributed by atoms with Gasteiger partial charge in [0, 0.05) is 18.7 Å². The zero-order valence-electron chi connectivity index (χ0n) is 24.6. The summed E-state index contributed by atoms with van der Waals surface area (Å²) in [5.41, 5.74) is 3.48. The molecule has 6 rings (SSSR count). The Kier molecular flexibility index (Phi) is 7.20. The minimum absolute atomic E-state index is 0.0863. The van der Waals surface area contributed by atoms with Crippen molar-refractivity contribution in [3.05, 3.63) is 29.3 Å². The first-order valence-electron chi connectivity index (χ1n) is 16.0. The average Bonchev–Trinajstić information content (AvgIpc) is 3.42. The van der Waals surface area contributed by atoms with Crippen LogP contribution in [0.5, 0.6) is 0 Å². The molecule has 39 heavy (non-hydrogen) atoms. The predicted molar refractivity (Wildman–Crippen MR) is 154 cm³/mol. The van der Waals surface area contributed by atoms with E-state index in [1.54, 1.807) is 0 Å². The van der Waals surface area contributed by atoms with E-state index in [9.17, 15) is 20.1 Å². The molecule has 5 aliphatic rings. The van der Waals surface area contributed by atoms with Crippen LogP contribution in [0.25, 0.3) is 0 Å². The van der Waals surface area contributed by atoms with Gasteiger partial charge in [-0.15, -0.1) is 0 Å². The SMILES string of the molecule is Cc1ccc2c(c1)CCN2C(=O)CC[C@@H](C)[C@H]1CC[C@H]2[C@H]3C[C@H](C[C@H](O)[C@]12C)[C@@]1(C)CC[C@@H](O)C[C@H]1C[C@H]3O. The summed E-state index contributed by atoms with van der Waals surface area (Å²) in [4.78, 5) is 15.3. The van der Waals surface area contributed by atoms with Gasteiger partial charge in [0.2, 0.25) is 5.91 Å². The molecule has 4 aliphatic carbocycles. The van der Waals surface area contributed by atoms with E-state index in [-0.39, 0.29) is 41.0 Å². The third kappa shape index (κ3) is 4.50. The number of aryl methyl sites for hydroxylation is 1. The van der Waals surface area contributed by atoms with E-state index in [1.807, 2.05) is 4.90 Å². The van der Waals surface area contributed by atoms with Gasteiger partial charge in [-0.05, 0) is 129 Å². The zero-order valence-corrected chi connectivity index (χ0v) is 24.6. The third-order valence-corrected chi connectivity index (χ3v) is 13.1. The molecule has 1 aromatic rings. The number of carbonyl (C=O) groups is 1. The van der Waals surface area contributed by atoms with Gasteiger partial charge in [-0.25, -0.2) is 0 Å². The first-order valence-corrected chi connectivity index (χ1v) is 16.0. The van der Waals surface area contributed by atoms with Crippen LogP contribution in [0, 0.1) is 53.3 Å². The van der Waals surface area contributed by atoms with Gasteiger partial charge in [0.1, 0.15) is 0 Å². The lowest BCUT2D eigenvalue weighted by molar-refractivity contribution is -0.119. The van der Waals surface area contributed by atoms with Crippen LogP contribution in [-0.2, 0) is 11.2 Å². The summed E-state index contributed by atoms with van der Waals surface area (Å²) >= 11 is 0. The second-order valence-corrected chi connectivity index (χ2v) is 14.9. The van der Waals surface area contributed by atoms with E-state index in [0.29, 0.717) is 36.0 Å². The largest absolute Gasteiger partial charge is 0.393 e. The number of aliphatic hydroxyl groups excluding tert-OH is 3. The molecule has 11 atom stereocenters. The molecule has 0 radical (unpaired) electrons. The van der Waals surface area contributed by atoms with Crippen molar-refractivity contribution in [3.8, 4) is 0 Å². The number of hydrogen-bond acceptors (Lipinski definition) is 4. The van der Waals surface area contributed by atoms with Gasteiger partial charge in [-0.2, -0.15) is 0 Å². The van der Waals surface area contributed by atoms with Gasteiger partial charge < -0.3 is 20.2 Å². The molecule has 4 saturated carbocycles. The van der Waals surface area contributed by atoms with Crippen LogP contribution in [0.4, 0.5) is 5.69 Å². The second kappa shape index (κ2) is 10.1. The Morgan fingerprint density at radius 2 is 1.82 bits per heavy atom. The summed E-state index contributed by atoms with van der Waals surface area (Å²) in [7, 11) is 0. The van der Waals surface area contributed by atoms with E-state index in [0.717, 1.165) is 76.4 Å².